The lowest BCUT2D eigenvalue weighted by Gasteiger charge is -2.70. The first-order chi connectivity index (χ1) is 17.7. The molecule has 0 saturated heterocycles. The summed E-state index contributed by atoms with van der Waals surface area (Å²) in [7, 11) is -4.66. The second kappa shape index (κ2) is 8.41. The van der Waals surface area contributed by atoms with Crippen molar-refractivity contribution < 1.29 is 35.3 Å². The summed E-state index contributed by atoms with van der Waals surface area (Å²) in [5.74, 6) is -8.51. The van der Waals surface area contributed by atoms with E-state index in [1.54, 1.807) is 6.92 Å². The van der Waals surface area contributed by atoms with Crippen LogP contribution in [0.3, 0.4) is 0 Å². The van der Waals surface area contributed by atoms with E-state index in [0.29, 0.717) is 25.2 Å². The lowest BCUT2D eigenvalue weighted by Crippen LogP contribution is -2.77. The van der Waals surface area contributed by atoms with Gasteiger partial charge in [0.1, 0.15) is 0 Å². The van der Waals surface area contributed by atoms with Crippen molar-refractivity contribution in [2.24, 2.45) is 22.2 Å². The highest BCUT2D eigenvalue weighted by Crippen LogP contribution is 2.78. The predicted molar refractivity (Wildman–Crippen MR) is 134 cm³/mol. The third-order valence-corrected chi connectivity index (χ3v) is 13.3. The van der Waals surface area contributed by atoms with Gasteiger partial charge in [0.2, 0.25) is 0 Å². The SMILES string of the molecule is Cc1ccc(S(=O)(=O)OC23CCC(C45CCC(C6CCC(O)CC6)(CC4)CC5)(CC2)C(F)(F)C3(F)F)cc1. The molecule has 0 heterocycles. The molecule has 1 aromatic carbocycles. The van der Waals surface area contributed by atoms with Crippen LogP contribution in [0.15, 0.2) is 29.2 Å². The summed E-state index contributed by atoms with van der Waals surface area (Å²) in [4.78, 5) is -0.302. The van der Waals surface area contributed by atoms with Crippen LogP contribution in [0.25, 0.3) is 0 Å². The van der Waals surface area contributed by atoms with Crippen LogP contribution in [0.5, 0.6) is 0 Å². The van der Waals surface area contributed by atoms with Gasteiger partial charge in [-0.25, -0.2) is 0 Å². The number of alkyl halides is 4. The van der Waals surface area contributed by atoms with Crippen LogP contribution >= 0.6 is 0 Å². The predicted octanol–water partition coefficient (Wildman–Crippen LogP) is 7.18. The Labute approximate surface area is 222 Å². The highest BCUT2D eigenvalue weighted by Gasteiger charge is 2.86. The number of rotatable bonds is 5. The maximum absolute atomic E-state index is 16.3. The van der Waals surface area contributed by atoms with E-state index in [1.807, 2.05) is 0 Å². The Hall–Kier alpha value is -1.19. The van der Waals surface area contributed by atoms with Gasteiger partial charge in [0.25, 0.3) is 10.1 Å². The molecule has 4 bridgehead atoms. The number of hydrogen-bond acceptors (Lipinski definition) is 4. The largest absolute Gasteiger partial charge is 0.393 e. The summed E-state index contributed by atoms with van der Waals surface area (Å²) in [6, 6.07) is 5.56. The zero-order valence-electron chi connectivity index (χ0n) is 22.0. The fourth-order valence-corrected chi connectivity index (χ4v) is 10.7. The highest BCUT2D eigenvalue weighted by atomic mass is 32.2. The van der Waals surface area contributed by atoms with E-state index in [4.69, 9.17) is 4.18 Å². The zero-order valence-corrected chi connectivity index (χ0v) is 22.8. The van der Waals surface area contributed by atoms with Crippen LogP contribution in [0.1, 0.15) is 95.5 Å². The molecule has 0 atom stereocenters. The molecule has 8 rings (SSSR count). The van der Waals surface area contributed by atoms with Gasteiger partial charge in [-0.05, 0) is 126 Å². The molecule has 0 aromatic heterocycles. The first kappa shape index (κ1) is 27.0. The molecule has 7 saturated carbocycles. The van der Waals surface area contributed by atoms with Crippen molar-refractivity contribution in [2.75, 3.05) is 0 Å². The van der Waals surface area contributed by atoms with Crippen molar-refractivity contribution in [3.05, 3.63) is 29.8 Å². The van der Waals surface area contributed by atoms with E-state index in [-0.39, 0.29) is 29.3 Å². The Kier molecular flexibility index (Phi) is 5.98. The van der Waals surface area contributed by atoms with Gasteiger partial charge in [-0.3, -0.25) is 4.18 Å². The molecule has 38 heavy (non-hydrogen) atoms. The molecule has 0 spiro atoms. The third kappa shape index (κ3) is 3.42. The molecule has 4 nitrogen and oxygen atoms in total. The van der Waals surface area contributed by atoms with Gasteiger partial charge in [0.05, 0.1) is 11.0 Å². The standard InChI is InChI=1S/C29H38F4O4S/c1-20-2-8-23(9-3-20)38(35,36)37-27-18-16-26(17-19-27,28(30,31)29(27,32)33)25-13-10-24(11-14-25,12-15-25)21-4-6-22(34)7-5-21/h2-3,8-9,21-22,34H,4-7,10-19H2,1H3. The minimum atomic E-state index is -4.66. The fraction of sp³-hybridized carbons (Fsp3) is 0.793. The number of aryl methyl sites for hydroxylation is 1. The van der Waals surface area contributed by atoms with E-state index in [1.165, 1.54) is 24.3 Å². The number of hydrogen-bond donors (Lipinski definition) is 1. The topological polar surface area (TPSA) is 63.6 Å². The van der Waals surface area contributed by atoms with E-state index < -0.39 is 51.2 Å². The molecule has 0 aliphatic heterocycles. The van der Waals surface area contributed by atoms with Crippen LogP contribution in [0, 0.1) is 29.1 Å². The summed E-state index contributed by atoms with van der Waals surface area (Å²) >= 11 is 0. The number of benzene rings is 1. The smallest absolute Gasteiger partial charge is 0.340 e. The van der Waals surface area contributed by atoms with Crippen molar-refractivity contribution in [3.63, 3.8) is 0 Å². The molecular weight excluding hydrogens is 520 g/mol. The Morgan fingerprint density at radius 1 is 0.763 bits per heavy atom. The molecule has 1 N–H and O–H groups in total. The van der Waals surface area contributed by atoms with Crippen molar-refractivity contribution in [1.29, 1.82) is 0 Å². The van der Waals surface area contributed by atoms with E-state index in [2.05, 4.69) is 0 Å². The third-order valence-electron chi connectivity index (χ3n) is 11.9. The Morgan fingerprint density at radius 3 is 1.82 bits per heavy atom. The minimum Gasteiger partial charge on any atom is -0.393 e. The molecule has 7 fully saturated rings. The zero-order chi connectivity index (χ0) is 27.2. The van der Waals surface area contributed by atoms with Crippen LogP contribution in [-0.4, -0.2) is 37.1 Å². The Bertz CT molecular complexity index is 1150. The molecule has 212 valence electrons. The maximum atomic E-state index is 16.3. The van der Waals surface area contributed by atoms with Gasteiger partial charge in [0, 0.05) is 5.41 Å². The number of fused-ring (bicyclic) bond motifs is 6. The average molecular weight is 559 g/mol. The van der Waals surface area contributed by atoms with Crippen LogP contribution in [0.4, 0.5) is 17.6 Å². The molecule has 9 heteroatoms. The first-order valence-corrected chi connectivity index (χ1v) is 15.6. The summed E-state index contributed by atoms with van der Waals surface area (Å²) in [5.41, 5.74) is -4.59. The van der Waals surface area contributed by atoms with Crippen molar-refractivity contribution >= 4 is 10.1 Å². The molecule has 0 unspecified atom stereocenters. The van der Waals surface area contributed by atoms with Gasteiger partial charge in [-0.15, -0.1) is 0 Å². The molecule has 7 aliphatic rings. The molecule has 0 amide bonds. The lowest BCUT2D eigenvalue weighted by molar-refractivity contribution is -0.403. The number of halogens is 4. The van der Waals surface area contributed by atoms with Gasteiger partial charge in [-0.1, -0.05) is 17.7 Å². The van der Waals surface area contributed by atoms with Crippen LogP contribution < -0.4 is 0 Å². The number of aliphatic hydroxyl groups excluding tert-OH is 1. The van der Waals surface area contributed by atoms with E-state index in [9.17, 15) is 13.5 Å². The van der Waals surface area contributed by atoms with Gasteiger partial charge in [-0.2, -0.15) is 26.0 Å². The highest BCUT2D eigenvalue weighted by molar-refractivity contribution is 7.86. The second-order valence-corrected chi connectivity index (χ2v) is 14.8. The van der Waals surface area contributed by atoms with Gasteiger partial charge in [0.15, 0.2) is 5.60 Å². The number of aliphatic hydroxyl groups is 1. The minimum absolute atomic E-state index is 0.0780. The van der Waals surface area contributed by atoms with Crippen molar-refractivity contribution in [1.82, 2.24) is 0 Å². The normalized spacial score (nSPS) is 43.7. The van der Waals surface area contributed by atoms with Gasteiger partial charge < -0.3 is 5.11 Å². The average Bonchev–Trinajstić information content (AvgIpc) is 2.89. The first-order valence-electron chi connectivity index (χ1n) is 14.2. The summed E-state index contributed by atoms with van der Waals surface area (Å²) in [6.07, 6.45) is 6.00. The lowest BCUT2D eigenvalue weighted by atomic mass is 9.37. The molecule has 0 radical (unpaired) electrons. The van der Waals surface area contributed by atoms with Crippen LogP contribution in [-0.2, 0) is 14.3 Å². The Morgan fingerprint density at radius 2 is 1.29 bits per heavy atom. The van der Waals surface area contributed by atoms with E-state index in [0.717, 1.165) is 50.5 Å². The van der Waals surface area contributed by atoms with Crippen molar-refractivity contribution in [3.8, 4) is 0 Å². The van der Waals surface area contributed by atoms with Crippen LogP contribution in [0.2, 0.25) is 0 Å². The second-order valence-electron chi connectivity index (χ2n) is 13.2. The monoisotopic (exact) mass is 558 g/mol. The summed E-state index contributed by atoms with van der Waals surface area (Å²) < 4.78 is 95.7. The fourth-order valence-electron chi connectivity index (χ4n) is 9.49. The van der Waals surface area contributed by atoms with Gasteiger partial charge >= 0.3 is 11.8 Å². The van der Waals surface area contributed by atoms with E-state index >= 15 is 17.6 Å². The Balaban J connectivity index is 1.27. The quantitative estimate of drug-likeness (QED) is 0.307. The summed E-state index contributed by atoms with van der Waals surface area (Å²) in [5, 5.41) is 9.94. The molecule has 1 aromatic rings. The van der Waals surface area contributed by atoms with Crippen molar-refractivity contribution in [2.45, 2.75) is 125 Å². The summed E-state index contributed by atoms with van der Waals surface area (Å²) in [6.45, 7) is 1.76. The maximum Gasteiger partial charge on any atom is 0.340 e. The molecule has 7 aliphatic carbocycles. The molecular formula is C29H38F4O4S.